The molecule has 0 spiro atoms. The second-order valence-corrected chi connectivity index (χ2v) is 4.44. The fraction of sp³-hybridized carbons (Fsp3) is 0.231. The molecule has 1 nitrogen and oxygen atoms in total. The first-order chi connectivity index (χ1) is 8.06. The van der Waals surface area contributed by atoms with Crippen LogP contribution in [0.2, 0.25) is 0 Å². The van der Waals surface area contributed by atoms with Gasteiger partial charge in [-0.2, -0.15) is 0 Å². The first kappa shape index (κ1) is 12.1. The third-order valence-electron chi connectivity index (χ3n) is 2.51. The molecule has 0 aliphatic carbocycles. The summed E-state index contributed by atoms with van der Waals surface area (Å²) in [7, 11) is 0. The summed E-state index contributed by atoms with van der Waals surface area (Å²) in [5, 5.41) is -0.308. The normalized spacial score (nSPS) is 12.7. The zero-order valence-electron chi connectivity index (χ0n) is 9.21. The molecule has 1 aromatic heterocycles. The van der Waals surface area contributed by atoms with Gasteiger partial charge >= 0.3 is 0 Å². The topological polar surface area (TPSA) is 13.1 Å². The van der Waals surface area contributed by atoms with Gasteiger partial charge < -0.3 is 4.42 Å². The Morgan fingerprint density at radius 1 is 1.24 bits per heavy atom. The van der Waals surface area contributed by atoms with Gasteiger partial charge in [0.2, 0.25) is 0 Å². The van der Waals surface area contributed by atoms with Crippen molar-refractivity contribution < 1.29 is 13.2 Å². The van der Waals surface area contributed by atoms with E-state index < -0.39 is 11.6 Å². The molecule has 0 fully saturated rings. The molecule has 1 heterocycles. The number of halogens is 3. The van der Waals surface area contributed by atoms with Gasteiger partial charge in [0.1, 0.15) is 5.76 Å². The van der Waals surface area contributed by atoms with Crippen LogP contribution in [0.3, 0.4) is 0 Å². The van der Waals surface area contributed by atoms with E-state index in [0.29, 0.717) is 12.0 Å². The average Bonchev–Trinajstić information content (AvgIpc) is 2.70. The van der Waals surface area contributed by atoms with Crippen molar-refractivity contribution in [2.24, 2.45) is 0 Å². The predicted octanol–water partition coefficient (Wildman–Crippen LogP) is 4.39. The Bertz CT molecular complexity index is 522. The molecule has 0 saturated heterocycles. The van der Waals surface area contributed by atoms with Crippen molar-refractivity contribution in [2.75, 3.05) is 0 Å². The maximum Gasteiger partial charge on any atom is 0.159 e. The van der Waals surface area contributed by atoms with Gasteiger partial charge in [0.25, 0.3) is 0 Å². The molecule has 2 rings (SSSR count). The first-order valence-electron chi connectivity index (χ1n) is 5.19. The highest BCUT2D eigenvalue weighted by molar-refractivity contribution is 6.20. The smallest absolute Gasteiger partial charge is 0.159 e. The van der Waals surface area contributed by atoms with Crippen LogP contribution in [0.1, 0.15) is 22.3 Å². The van der Waals surface area contributed by atoms with E-state index in [1.807, 2.05) is 13.0 Å². The van der Waals surface area contributed by atoms with Crippen LogP contribution in [0.4, 0.5) is 8.78 Å². The van der Waals surface area contributed by atoms with E-state index in [1.54, 1.807) is 6.26 Å². The van der Waals surface area contributed by atoms with Gasteiger partial charge in [-0.3, -0.25) is 0 Å². The minimum Gasteiger partial charge on any atom is -0.469 e. The van der Waals surface area contributed by atoms with Crippen LogP contribution < -0.4 is 0 Å². The summed E-state index contributed by atoms with van der Waals surface area (Å²) in [5.74, 6) is -0.926. The first-order valence-corrected chi connectivity index (χ1v) is 5.63. The number of hydrogen-bond donors (Lipinski definition) is 0. The Hall–Kier alpha value is -1.35. The molecule has 17 heavy (non-hydrogen) atoms. The highest BCUT2D eigenvalue weighted by Gasteiger charge is 2.12. The second kappa shape index (κ2) is 4.88. The molecule has 4 heteroatoms. The number of benzene rings is 1. The molecular weight excluding hydrogens is 246 g/mol. The Morgan fingerprint density at radius 2 is 2.00 bits per heavy atom. The van der Waals surface area contributed by atoms with Crippen LogP contribution >= 0.6 is 11.6 Å². The lowest BCUT2D eigenvalue weighted by Crippen LogP contribution is -1.96. The Kier molecular flexibility index (Phi) is 3.48. The Balaban J connectivity index is 2.12. The lowest BCUT2D eigenvalue weighted by molar-refractivity contribution is 0.507. The average molecular weight is 257 g/mol. The van der Waals surface area contributed by atoms with E-state index >= 15 is 0 Å². The molecule has 0 radical (unpaired) electrons. The van der Waals surface area contributed by atoms with Crippen LogP contribution in [0.15, 0.2) is 34.9 Å². The molecule has 0 saturated carbocycles. The zero-order chi connectivity index (χ0) is 12.4. The molecule has 1 unspecified atom stereocenters. The lowest BCUT2D eigenvalue weighted by atomic mass is 10.1. The quantitative estimate of drug-likeness (QED) is 0.743. The SMILES string of the molecule is Cc1cc(C(Cl)Cc2ccc(F)c(F)c2)co1. The number of hydrogen-bond acceptors (Lipinski definition) is 1. The highest BCUT2D eigenvalue weighted by atomic mass is 35.5. The minimum atomic E-state index is -0.852. The van der Waals surface area contributed by atoms with E-state index in [1.165, 1.54) is 6.07 Å². The van der Waals surface area contributed by atoms with Crippen LogP contribution in [0, 0.1) is 18.6 Å². The number of rotatable bonds is 3. The van der Waals surface area contributed by atoms with E-state index in [-0.39, 0.29) is 5.38 Å². The third kappa shape index (κ3) is 2.86. The highest BCUT2D eigenvalue weighted by Crippen LogP contribution is 2.27. The molecule has 0 aliphatic heterocycles. The van der Waals surface area contributed by atoms with Gasteiger partial charge in [0.05, 0.1) is 11.6 Å². The van der Waals surface area contributed by atoms with Crippen molar-refractivity contribution in [3.05, 3.63) is 59.1 Å². The number of furan rings is 1. The largest absolute Gasteiger partial charge is 0.469 e. The van der Waals surface area contributed by atoms with E-state index in [9.17, 15) is 8.78 Å². The third-order valence-corrected chi connectivity index (χ3v) is 2.92. The Morgan fingerprint density at radius 3 is 2.59 bits per heavy atom. The zero-order valence-corrected chi connectivity index (χ0v) is 9.97. The molecule has 0 aliphatic rings. The summed E-state index contributed by atoms with van der Waals surface area (Å²) in [5.41, 5.74) is 1.50. The number of alkyl halides is 1. The molecule has 2 aromatic rings. The van der Waals surface area contributed by atoms with Crippen molar-refractivity contribution in [2.45, 2.75) is 18.7 Å². The molecule has 0 amide bonds. The molecule has 1 atom stereocenters. The van der Waals surface area contributed by atoms with Crippen LogP contribution in [0.5, 0.6) is 0 Å². The molecule has 90 valence electrons. The summed E-state index contributed by atoms with van der Waals surface area (Å²) in [6, 6.07) is 5.63. The van der Waals surface area contributed by atoms with Crippen molar-refractivity contribution in [1.29, 1.82) is 0 Å². The second-order valence-electron chi connectivity index (χ2n) is 3.91. The standard InChI is InChI=1S/C13H11ClF2O/c1-8-4-10(7-17-8)11(14)5-9-2-3-12(15)13(16)6-9/h2-4,6-7,11H,5H2,1H3. The van der Waals surface area contributed by atoms with Crippen molar-refractivity contribution in [1.82, 2.24) is 0 Å². The van der Waals surface area contributed by atoms with Gasteiger partial charge in [0.15, 0.2) is 11.6 Å². The fourth-order valence-corrected chi connectivity index (χ4v) is 1.91. The summed E-state index contributed by atoms with van der Waals surface area (Å²) in [6.07, 6.45) is 2.00. The van der Waals surface area contributed by atoms with Gasteiger partial charge in [-0.1, -0.05) is 6.07 Å². The molecule has 1 aromatic carbocycles. The minimum absolute atomic E-state index is 0.308. The summed E-state index contributed by atoms with van der Waals surface area (Å²) < 4.78 is 30.9. The maximum atomic E-state index is 13.0. The van der Waals surface area contributed by atoms with Gasteiger partial charge in [-0.15, -0.1) is 11.6 Å². The van der Waals surface area contributed by atoms with E-state index in [2.05, 4.69) is 0 Å². The summed E-state index contributed by atoms with van der Waals surface area (Å²) in [6.45, 7) is 1.82. The fourth-order valence-electron chi connectivity index (χ4n) is 1.62. The van der Waals surface area contributed by atoms with Crippen LogP contribution in [-0.2, 0) is 6.42 Å². The lowest BCUT2D eigenvalue weighted by Gasteiger charge is -2.07. The van der Waals surface area contributed by atoms with Gasteiger partial charge in [-0.25, -0.2) is 8.78 Å². The predicted molar refractivity (Wildman–Crippen MR) is 62.1 cm³/mol. The van der Waals surface area contributed by atoms with Crippen molar-refractivity contribution in [3.8, 4) is 0 Å². The van der Waals surface area contributed by atoms with Crippen LogP contribution in [0.25, 0.3) is 0 Å². The summed E-state index contributed by atoms with van der Waals surface area (Å²) >= 11 is 6.17. The Labute approximate surface area is 103 Å². The van der Waals surface area contributed by atoms with E-state index in [4.69, 9.17) is 16.0 Å². The molecule has 0 N–H and O–H groups in total. The molecular formula is C13H11ClF2O. The van der Waals surface area contributed by atoms with Crippen LogP contribution in [-0.4, -0.2) is 0 Å². The number of aryl methyl sites for hydroxylation is 1. The van der Waals surface area contributed by atoms with Gasteiger partial charge in [0, 0.05) is 5.56 Å². The van der Waals surface area contributed by atoms with Crippen molar-refractivity contribution in [3.63, 3.8) is 0 Å². The van der Waals surface area contributed by atoms with Crippen molar-refractivity contribution >= 4 is 11.6 Å². The summed E-state index contributed by atoms with van der Waals surface area (Å²) in [4.78, 5) is 0. The maximum absolute atomic E-state index is 13.0. The monoisotopic (exact) mass is 256 g/mol. The van der Waals surface area contributed by atoms with E-state index in [0.717, 1.165) is 23.5 Å². The molecule has 0 bridgehead atoms. The van der Waals surface area contributed by atoms with Gasteiger partial charge in [-0.05, 0) is 37.1 Å².